The quantitative estimate of drug-likeness (QED) is 0.291. The lowest BCUT2D eigenvalue weighted by atomic mass is 10.1. The van der Waals surface area contributed by atoms with Crippen molar-refractivity contribution in [3.63, 3.8) is 0 Å². The number of carbonyl (C=O) groups is 2. The van der Waals surface area contributed by atoms with E-state index < -0.39 is 28.5 Å². The third-order valence-corrected chi connectivity index (χ3v) is 9.58. The summed E-state index contributed by atoms with van der Waals surface area (Å²) in [7, 11) is -1.24. The molecule has 1 aliphatic carbocycles. The number of ether oxygens (including phenoxy) is 2. The molecular weight excluding hydrogens is 566 g/mol. The molecule has 4 rings (SSSR count). The van der Waals surface area contributed by atoms with Crippen molar-refractivity contribution in [1.29, 1.82) is 0 Å². The van der Waals surface area contributed by atoms with Crippen molar-refractivity contribution < 1.29 is 27.5 Å². The molecule has 0 radical (unpaired) electrons. The molecule has 1 atom stereocenters. The minimum atomic E-state index is -4.19. The highest BCUT2D eigenvalue weighted by atomic mass is 32.2. The van der Waals surface area contributed by atoms with E-state index in [0.717, 1.165) is 41.1 Å². The maximum atomic E-state index is 14.3. The first-order valence-corrected chi connectivity index (χ1v) is 16.1. The Morgan fingerprint density at radius 3 is 2.26 bits per heavy atom. The lowest BCUT2D eigenvalue weighted by molar-refractivity contribution is -0.140. The van der Waals surface area contributed by atoms with Crippen LogP contribution in [0.1, 0.15) is 50.2 Å². The Labute approximate surface area is 254 Å². The second kappa shape index (κ2) is 14.4. The van der Waals surface area contributed by atoms with Gasteiger partial charge in [0.05, 0.1) is 24.8 Å². The number of anilines is 1. The Morgan fingerprint density at radius 1 is 0.930 bits per heavy atom. The van der Waals surface area contributed by atoms with Gasteiger partial charge in [-0.15, -0.1) is 0 Å². The second-order valence-corrected chi connectivity index (χ2v) is 12.7. The average Bonchev–Trinajstić information content (AvgIpc) is 3.52. The predicted octanol–water partition coefficient (Wildman–Crippen LogP) is 5.07. The van der Waals surface area contributed by atoms with Crippen molar-refractivity contribution in [3.05, 3.63) is 83.9 Å². The van der Waals surface area contributed by atoms with Crippen molar-refractivity contribution in [2.45, 2.75) is 69.5 Å². The van der Waals surface area contributed by atoms with E-state index in [1.807, 2.05) is 38.1 Å². The average molecular weight is 608 g/mol. The van der Waals surface area contributed by atoms with Crippen LogP contribution in [-0.2, 0) is 26.2 Å². The first-order valence-electron chi connectivity index (χ1n) is 14.6. The maximum Gasteiger partial charge on any atom is 0.264 e. The molecular formula is C33H41N3O6S. The Kier molecular flexibility index (Phi) is 10.7. The largest absolute Gasteiger partial charge is 0.493 e. The van der Waals surface area contributed by atoms with E-state index in [0.29, 0.717) is 17.9 Å². The summed E-state index contributed by atoms with van der Waals surface area (Å²) >= 11 is 0. The number of sulfonamides is 1. The molecule has 10 heteroatoms. The Balaban J connectivity index is 1.75. The van der Waals surface area contributed by atoms with Crippen molar-refractivity contribution in [2.24, 2.45) is 0 Å². The maximum absolute atomic E-state index is 14.3. The zero-order valence-electron chi connectivity index (χ0n) is 25.3. The van der Waals surface area contributed by atoms with Gasteiger partial charge in [0, 0.05) is 18.7 Å². The van der Waals surface area contributed by atoms with Gasteiger partial charge in [0.1, 0.15) is 12.6 Å². The Bertz CT molecular complexity index is 1510. The van der Waals surface area contributed by atoms with E-state index in [2.05, 4.69) is 5.32 Å². The molecule has 1 N–H and O–H groups in total. The molecule has 3 aromatic rings. The molecule has 0 saturated heterocycles. The summed E-state index contributed by atoms with van der Waals surface area (Å²) in [5.74, 6) is 0.0215. The molecule has 9 nitrogen and oxygen atoms in total. The number of nitrogens with zero attached hydrogens (tertiary/aromatic N) is 2. The molecule has 0 bridgehead atoms. The van der Waals surface area contributed by atoms with E-state index in [4.69, 9.17) is 9.47 Å². The molecule has 1 fully saturated rings. The number of methoxy groups -OCH3 is 2. The number of amides is 2. The Morgan fingerprint density at radius 2 is 1.63 bits per heavy atom. The topological polar surface area (TPSA) is 105 Å². The number of hydrogen-bond donors (Lipinski definition) is 1. The lowest BCUT2D eigenvalue weighted by Crippen LogP contribution is -2.53. The highest BCUT2D eigenvalue weighted by Crippen LogP contribution is 2.34. The van der Waals surface area contributed by atoms with Gasteiger partial charge >= 0.3 is 0 Å². The zero-order valence-corrected chi connectivity index (χ0v) is 26.1. The minimum absolute atomic E-state index is 0.0360. The van der Waals surface area contributed by atoms with Gasteiger partial charge in [0.25, 0.3) is 10.0 Å². The molecule has 3 aromatic carbocycles. The van der Waals surface area contributed by atoms with E-state index >= 15 is 0 Å². The van der Waals surface area contributed by atoms with Crippen LogP contribution in [0.5, 0.6) is 11.5 Å². The van der Waals surface area contributed by atoms with Crippen LogP contribution in [0.4, 0.5) is 5.69 Å². The molecule has 1 saturated carbocycles. The van der Waals surface area contributed by atoms with Gasteiger partial charge in [0.15, 0.2) is 11.5 Å². The summed E-state index contributed by atoms with van der Waals surface area (Å²) in [5, 5.41) is 3.14. The zero-order chi connectivity index (χ0) is 31.0. The van der Waals surface area contributed by atoms with Crippen LogP contribution in [-0.4, -0.2) is 58.0 Å². The molecule has 0 aliphatic heterocycles. The molecule has 0 aromatic heterocycles. The van der Waals surface area contributed by atoms with Crippen LogP contribution in [0.15, 0.2) is 77.7 Å². The summed E-state index contributed by atoms with van der Waals surface area (Å²) in [6.45, 7) is 3.46. The number of aryl methyl sites for hydroxylation is 1. The molecule has 230 valence electrons. The summed E-state index contributed by atoms with van der Waals surface area (Å²) in [6.07, 6.45) is 4.32. The van der Waals surface area contributed by atoms with Crippen molar-refractivity contribution >= 4 is 27.5 Å². The first kappa shape index (κ1) is 31.9. The fourth-order valence-electron chi connectivity index (χ4n) is 5.52. The highest BCUT2D eigenvalue weighted by Gasteiger charge is 2.35. The van der Waals surface area contributed by atoms with Crippen molar-refractivity contribution in [1.82, 2.24) is 10.2 Å². The normalized spacial score (nSPS) is 14.1. The lowest BCUT2D eigenvalue weighted by Gasteiger charge is -2.34. The second-order valence-electron chi connectivity index (χ2n) is 10.8. The van der Waals surface area contributed by atoms with Crippen LogP contribution >= 0.6 is 0 Å². The summed E-state index contributed by atoms with van der Waals surface area (Å²) < 4.78 is 40.0. The monoisotopic (exact) mass is 607 g/mol. The van der Waals surface area contributed by atoms with Crippen LogP contribution < -0.4 is 19.1 Å². The standard InChI is InChI=1S/C33H41N3O6S/c1-5-29(33(38)34-26-14-9-10-15-26)35(22-25-13-11-12-24(2)20-25)32(37)23-36(43(39,40)28-16-7-6-8-17-28)27-18-19-30(41-3)31(21-27)42-4/h6-8,11-13,16-21,26,29H,5,9-10,14-15,22-23H2,1-4H3,(H,34,38)/t29-/m1/s1. The van der Waals surface area contributed by atoms with Gasteiger partial charge in [-0.3, -0.25) is 13.9 Å². The number of carbonyl (C=O) groups excluding carboxylic acids is 2. The minimum Gasteiger partial charge on any atom is -0.493 e. The Hall–Kier alpha value is -4.05. The van der Waals surface area contributed by atoms with Gasteiger partial charge in [-0.25, -0.2) is 8.42 Å². The van der Waals surface area contributed by atoms with Crippen LogP contribution in [0.3, 0.4) is 0 Å². The van der Waals surface area contributed by atoms with Gasteiger partial charge < -0.3 is 19.7 Å². The van der Waals surface area contributed by atoms with E-state index in [1.54, 1.807) is 30.3 Å². The van der Waals surface area contributed by atoms with Crippen molar-refractivity contribution in [3.8, 4) is 11.5 Å². The highest BCUT2D eigenvalue weighted by molar-refractivity contribution is 7.92. The summed E-state index contributed by atoms with van der Waals surface area (Å²) in [6, 6.07) is 19.7. The summed E-state index contributed by atoms with van der Waals surface area (Å²) in [5.41, 5.74) is 2.10. The number of rotatable bonds is 13. The fraction of sp³-hybridized carbons (Fsp3) is 0.394. The number of benzene rings is 3. The first-order chi connectivity index (χ1) is 20.7. The smallest absolute Gasteiger partial charge is 0.264 e. The van der Waals surface area contributed by atoms with E-state index in [-0.39, 0.29) is 29.1 Å². The van der Waals surface area contributed by atoms with Gasteiger partial charge in [0.2, 0.25) is 11.8 Å². The summed E-state index contributed by atoms with van der Waals surface area (Å²) in [4.78, 5) is 29.4. The van der Waals surface area contributed by atoms with Gasteiger partial charge in [-0.2, -0.15) is 0 Å². The number of hydrogen-bond acceptors (Lipinski definition) is 6. The third-order valence-electron chi connectivity index (χ3n) is 7.79. The van der Waals surface area contributed by atoms with E-state index in [9.17, 15) is 18.0 Å². The van der Waals surface area contributed by atoms with Crippen LogP contribution in [0, 0.1) is 6.92 Å². The van der Waals surface area contributed by atoms with Crippen molar-refractivity contribution in [2.75, 3.05) is 25.1 Å². The fourth-order valence-corrected chi connectivity index (χ4v) is 6.95. The van der Waals surface area contributed by atoms with Crippen LogP contribution in [0.25, 0.3) is 0 Å². The predicted molar refractivity (Wildman–Crippen MR) is 167 cm³/mol. The molecule has 43 heavy (non-hydrogen) atoms. The SMILES string of the molecule is CC[C@H](C(=O)NC1CCCC1)N(Cc1cccc(C)c1)C(=O)CN(c1ccc(OC)c(OC)c1)S(=O)(=O)c1ccccc1. The molecule has 0 spiro atoms. The molecule has 0 heterocycles. The molecule has 1 aliphatic rings. The number of nitrogens with one attached hydrogen (secondary N) is 1. The van der Waals surface area contributed by atoms with Gasteiger partial charge in [-0.05, 0) is 56.0 Å². The molecule has 2 amide bonds. The van der Waals surface area contributed by atoms with Gasteiger partial charge in [-0.1, -0.05) is 67.8 Å². The molecule has 0 unspecified atom stereocenters. The third kappa shape index (κ3) is 7.67. The van der Waals surface area contributed by atoms with Crippen LogP contribution in [0.2, 0.25) is 0 Å². The van der Waals surface area contributed by atoms with E-state index in [1.165, 1.54) is 37.3 Å².